The summed E-state index contributed by atoms with van der Waals surface area (Å²) in [5, 5.41) is 2.81. The lowest BCUT2D eigenvalue weighted by atomic mass is 10.2. The first kappa shape index (κ1) is 13.5. The number of rotatable bonds is 5. The van der Waals surface area contributed by atoms with Crippen LogP contribution in [0, 0.1) is 0 Å². The van der Waals surface area contributed by atoms with Crippen molar-refractivity contribution in [3.63, 3.8) is 0 Å². The average Bonchev–Trinajstić information content (AvgIpc) is 2.87. The number of hydrogen-bond acceptors (Lipinski definition) is 5. The summed E-state index contributed by atoms with van der Waals surface area (Å²) in [5.74, 6) is 0.000355. The van der Waals surface area contributed by atoms with Crippen LogP contribution in [0.2, 0.25) is 0 Å². The summed E-state index contributed by atoms with van der Waals surface area (Å²) in [6.45, 7) is 5.76. The molecule has 0 aromatic carbocycles. The van der Waals surface area contributed by atoms with E-state index in [4.69, 9.17) is 4.74 Å². The molecule has 1 aliphatic rings. The number of nitrogens with one attached hydrogen (secondary N) is 1. The van der Waals surface area contributed by atoms with Gasteiger partial charge in [0.15, 0.2) is 0 Å². The Morgan fingerprint density at radius 2 is 2.61 bits per heavy atom. The van der Waals surface area contributed by atoms with Gasteiger partial charge in [-0.2, -0.15) is 0 Å². The molecule has 0 bridgehead atoms. The van der Waals surface area contributed by atoms with E-state index in [2.05, 4.69) is 20.7 Å². The number of carbonyl (C=O) groups is 1. The Bertz CT molecular complexity index is 369. The van der Waals surface area contributed by atoms with Gasteiger partial charge in [0.1, 0.15) is 0 Å². The topological polar surface area (TPSA) is 54.5 Å². The van der Waals surface area contributed by atoms with Gasteiger partial charge in [0.2, 0.25) is 5.91 Å². The Kier molecular flexibility index (Phi) is 5.10. The summed E-state index contributed by atoms with van der Waals surface area (Å²) in [7, 11) is 0. The van der Waals surface area contributed by atoms with Gasteiger partial charge in [-0.05, 0) is 24.0 Å². The Morgan fingerprint density at radius 1 is 1.72 bits per heavy atom. The molecule has 1 aromatic rings. The van der Waals surface area contributed by atoms with Crippen LogP contribution in [0.15, 0.2) is 12.3 Å². The largest absolute Gasteiger partial charge is 0.374 e. The minimum absolute atomic E-state index is 0.000355. The van der Waals surface area contributed by atoms with Crippen LogP contribution in [0.4, 0.5) is 0 Å². The zero-order chi connectivity index (χ0) is 12.8. The van der Waals surface area contributed by atoms with E-state index in [1.165, 1.54) is 11.8 Å². The second-order valence-electron chi connectivity index (χ2n) is 4.46. The molecule has 0 aliphatic carbocycles. The van der Waals surface area contributed by atoms with Crippen molar-refractivity contribution in [1.29, 1.82) is 0 Å². The molecule has 0 spiro atoms. The van der Waals surface area contributed by atoms with E-state index in [0.717, 1.165) is 32.7 Å². The summed E-state index contributed by atoms with van der Waals surface area (Å²) in [6.07, 6.45) is 3.00. The molecule has 100 valence electrons. The normalized spacial score (nSPS) is 20.8. The predicted molar refractivity (Wildman–Crippen MR) is 70.7 cm³/mol. The molecule has 6 heteroatoms. The van der Waals surface area contributed by atoms with Gasteiger partial charge in [0.25, 0.3) is 0 Å². The smallest absolute Gasteiger partial charge is 0.216 e. The number of nitrogens with zero attached hydrogens (tertiary/aromatic N) is 2. The number of amides is 1. The molecule has 1 amide bonds. The van der Waals surface area contributed by atoms with Crippen molar-refractivity contribution in [3.05, 3.63) is 17.1 Å². The van der Waals surface area contributed by atoms with Crippen molar-refractivity contribution < 1.29 is 9.53 Å². The molecule has 1 aromatic heterocycles. The maximum absolute atomic E-state index is 10.9. The van der Waals surface area contributed by atoms with Gasteiger partial charge < -0.3 is 10.1 Å². The molecular formula is C12H19N3O2S. The Balaban J connectivity index is 1.71. The number of aromatic nitrogens is 1. The lowest BCUT2D eigenvalue weighted by Gasteiger charge is -2.32. The summed E-state index contributed by atoms with van der Waals surface area (Å²) < 4.78 is 9.73. The van der Waals surface area contributed by atoms with Gasteiger partial charge in [-0.1, -0.05) is 0 Å². The van der Waals surface area contributed by atoms with Crippen LogP contribution in [0.25, 0.3) is 0 Å². The number of carbonyl (C=O) groups excluding carboxylic acids is 1. The first-order chi connectivity index (χ1) is 8.74. The SMILES string of the molecule is CC(=O)NCC1CN(CCc2ccns2)CCO1. The average molecular weight is 269 g/mol. The van der Waals surface area contributed by atoms with Gasteiger partial charge in [-0.15, -0.1) is 0 Å². The molecule has 1 atom stereocenters. The summed E-state index contributed by atoms with van der Waals surface area (Å²) in [5.41, 5.74) is 0. The number of ether oxygens (including phenoxy) is 1. The van der Waals surface area contributed by atoms with Gasteiger partial charge in [0, 0.05) is 44.2 Å². The second-order valence-corrected chi connectivity index (χ2v) is 5.38. The van der Waals surface area contributed by atoms with Crippen LogP contribution in [-0.4, -0.2) is 54.1 Å². The molecule has 1 fully saturated rings. The fourth-order valence-corrected chi connectivity index (χ4v) is 2.57. The van der Waals surface area contributed by atoms with Crippen LogP contribution >= 0.6 is 11.5 Å². The maximum Gasteiger partial charge on any atom is 0.216 e. The van der Waals surface area contributed by atoms with Crippen molar-refractivity contribution in [2.45, 2.75) is 19.4 Å². The monoisotopic (exact) mass is 269 g/mol. The third-order valence-electron chi connectivity index (χ3n) is 2.97. The Morgan fingerprint density at radius 3 is 3.33 bits per heavy atom. The highest BCUT2D eigenvalue weighted by molar-refractivity contribution is 7.05. The van der Waals surface area contributed by atoms with Crippen molar-refractivity contribution in [2.24, 2.45) is 0 Å². The third-order valence-corrected chi connectivity index (χ3v) is 3.77. The zero-order valence-electron chi connectivity index (χ0n) is 10.6. The first-order valence-corrected chi connectivity index (χ1v) is 6.99. The standard InChI is InChI=1S/C12H19N3O2S/c1-10(16)13-8-11-9-15(6-7-17-11)5-3-12-2-4-14-18-12/h2,4,11H,3,5-9H2,1H3,(H,13,16). The zero-order valence-corrected chi connectivity index (χ0v) is 11.4. The molecule has 1 saturated heterocycles. The van der Waals surface area contributed by atoms with Gasteiger partial charge in [-0.25, -0.2) is 4.37 Å². The van der Waals surface area contributed by atoms with Crippen LogP contribution in [0.1, 0.15) is 11.8 Å². The van der Waals surface area contributed by atoms with E-state index in [1.54, 1.807) is 11.5 Å². The van der Waals surface area contributed by atoms with Crippen LogP contribution < -0.4 is 5.32 Å². The molecule has 0 radical (unpaired) electrons. The minimum atomic E-state index is 0.000355. The van der Waals surface area contributed by atoms with E-state index in [9.17, 15) is 4.79 Å². The molecule has 1 N–H and O–H groups in total. The molecule has 18 heavy (non-hydrogen) atoms. The third kappa shape index (κ3) is 4.36. The molecule has 2 heterocycles. The van der Waals surface area contributed by atoms with Gasteiger partial charge in [0.05, 0.1) is 12.7 Å². The van der Waals surface area contributed by atoms with Gasteiger partial charge in [-0.3, -0.25) is 9.69 Å². The van der Waals surface area contributed by atoms with Crippen molar-refractivity contribution in [2.75, 3.05) is 32.8 Å². The first-order valence-electron chi connectivity index (χ1n) is 6.22. The summed E-state index contributed by atoms with van der Waals surface area (Å²) in [4.78, 5) is 14.6. The maximum atomic E-state index is 10.9. The molecule has 2 rings (SSSR count). The van der Waals surface area contributed by atoms with E-state index in [-0.39, 0.29) is 12.0 Å². The molecule has 1 aliphatic heterocycles. The minimum Gasteiger partial charge on any atom is -0.374 e. The fraction of sp³-hybridized carbons (Fsp3) is 0.667. The van der Waals surface area contributed by atoms with Crippen molar-refractivity contribution >= 4 is 17.4 Å². The highest BCUT2D eigenvalue weighted by Crippen LogP contribution is 2.09. The quantitative estimate of drug-likeness (QED) is 0.847. The summed E-state index contributed by atoms with van der Waals surface area (Å²) in [6, 6.07) is 2.07. The van der Waals surface area contributed by atoms with Gasteiger partial charge >= 0.3 is 0 Å². The van der Waals surface area contributed by atoms with E-state index < -0.39 is 0 Å². The molecule has 1 unspecified atom stereocenters. The Hall–Kier alpha value is -0.980. The molecule has 0 saturated carbocycles. The van der Waals surface area contributed by atoms with Crippen LogP contribution in [0.3, 0.4) is 0 Å². The highest BCUT2D eigenvalue weighted by Gasteiger charge is 2.20. The van der Waals surface area contributed by atoms with E-state index in [1.807, 2.05) is 6.20 Å². The van der Waals surface area contributed by atoms with Crippen LogP contribution in [0.5, 0.6) is 0 Å². The highest BCUT2D eigenvalue weighted by atomic mass is 32.1. The molecule has 5 nitrogen and oxygen atoms in total. The van der Waals surface area contributed by atoms with Crippen molar-refractivity contribution in [3.8, 4) is 0 Å². The van der Waals surface area contributed by atoms with Crippen LogP contribution in [-0.2, 0) is 16.0 Å². The molecular weight excluding hydrogens is 250 g/mol. The number of hydrogen-bond donors (Lipinski definition) is 1. The summed E-state index contributed by atoms with van der Waals surface area (Å²) >= 11 is 1.56. The lowest BCUT2D eigenvalue weighted by Crippen LogP contribution is -2.47. The Labute approximate surface area is 111 Å². The second kappa shape index (κ2) is 6.82. The van der Waals surface area contributed by atoms with E-state index >= 15 is 0 Å². The number of morpholine rings is 1. The van der Waals surface area contributed by atoms with E-state index in [0.29, 0.717) is 6.54 Å². The predicted octanol–water partition coefficient (Wildman–Crippen LogP) is 0.522. The van der Waals surface area contributed by atoms with Crippen molar-refractivity contribution in [1.82, 2.24) is 14.6 Å². The lowest BCUT2D eigenvalue weighted by molar-refractivity contribution is -0.120. The fourth-order valence-electron chi connectivity index (χ4n) is 2.00.